The Bertz CT molecular complexity index is 935. The number of halogens is 1. The average molecular weight is 433 g/mol. The van der Waals surface area contributed by atoms with Crippen LogP contribution in [-0.2, 0) is 17.4 Å². The molecule has 2 atom stereocenters. The number of benzene rings is 1. The zero-order chi connectivity index (χ0) is 20.8. The van der Waals surface area contributed by atoms with Gasteiger partial charge in [0, 0.05) is 13.1 Å². The molecular formula is C22H29ClN4OS. The molecule has 1 aromatic carbocycles. The van der Waals surface area contributed by atoms with Crippen LogP contribution in [0.15, 0.2) is 30.5 Å². The number of hydrogen-bond donors (Lipinski definition) is 1. The summed E-state index contributed by atoms with van der Waals surface area (Å²) in [5.74, 6) is 0.919. The molecule has 1 spiro atoms. The van der Waals surface area contributed by atoms with Crippen LogP contribution in [0.2, 0.25) is 5.15 Å². The predicted octanol–water partition coefficient (Wildman–Crippen LogP) is 4.37. The molecule has 0 bridgehead atoms. The summed E-state index contributed by atoms with van der Waals surface area (Å²) in [7, 11) is -1.11. The van der Waals surface area contributed by atoms with Crippen LogP contribution in [0.1, 0.15) is 56.5 Å². The molecule has 5 nitrogen and oxygen atoms in total. The van der Waals surface area contributed by atoms with Gasteiger partial charge in [-0.2, -0.15) is 0 Å². The van der Waals surface area contributed by atoms with Crippen LogP contribution in [0, 0.1) is 12.3 Å². The molecule has 0 saturated carbocycles. The van der Waals surface area contributed by atoms with Gasteiger partial charge in [0.1, 0.15) is 11.0 Å². The maximum Gasteiger partial charge on any atom is 0.150 e. The first kappa shape index (κ1) is 20.8. The van der Waals surface area contributed by atoms with Crippen LogP contribution in [0.5, 0.6) is 0 Å². The van der Waals surface area contributed by atoms with E-state index in [9.17, 15) is 4.21 Å². The normalized spacial score (nSPS) is 22.0. The molecule has 1 aromatic heterocycles. The molecule has 1 N–H and O–H groups in total. The molecule has 1 fully saturated rings. The van der Waals surface area contributed by atoms with Gasteiger partial charge in [0.2, 0.25) is 0 Å². The first-order valence-electron chi connectivity index (χ1n) is 10.2. The molecular weight excluding hydrogens is 404 g/mol. The van der Waals surface area contributed by atoms with Crippen LogP contribution >= 0.6 is 11.6 Å². The van der Waals surface area contributed by atoms with Crippen LogP contribution in [0.25, 0.3) is 0 Å². The summed E-state index contributed by atoms with van der Waals surface area (Å²) in [6, 6.07) is 8.73. The fourth-order valence-corrected chi connectivity index (χ4v) is 5.77. The van der Waals surface area contributed by atoms with Crippen LogP contribution in [-0.4, -0.2) is 32.0 Å². The molecule has 0 radical (unpaired) electrons. The van der Waals surface area contributed by atoms with E-state index in [0.717, 1.165) is 43.9 Å². The maximum atomic E-state index is 13.0. The fourth-order valence-electron chi connectivity index (χ4n) is 4.65. The molecule has 4 rings (SSSR count). The number of piperidine rings is 1. The van der Waals surface area contributed by atoms with E-state index < -0.39 is 11.0 Å². The Labute approximate surface area is 180 Å². The largest absolute Gasteiger partial charge is 0.355 e. The monoisotopic (exact) mass is 432 g/mol. The van der Waals surface area contributed by atoms with Gasteiger partial charge >= 0.3 is 0 Å². The topological polar surface area (TPSA) is 58.1 Å². The van der Waals surface area contributed by atoms with Crippen molar-refractivity contribution in [1.29, 1.82) is 0 Å². The molecule has 2 aromatic rings. The number of aromatic nitrogens is 2. The first-order chi connectivity index (χ1) is 13.7. The predicted molar refractivity (Wildman–Crippen MR) is 120 cm³/mol. The third-order valence-corrected chi connectivity index (χ3v) is 8.00. The van der Waals surface area contributed by atoms with E-state index in [1.165, 1.54) is 11.1 Å². The second-order valence-corrected chi connectivity index (χ2v) is 11.6. The Morgan fingerprint density at radius 1 is 1.24 bits per heavy atom. The van der Waals surface area contributed by atoms with E-state index in [1.54, 1.807) is 6.20 Å². The highest BCUT2D eigenvalue weighted by Crippen LogP contribution is 2.52. The second-order valence-electron chi connectivity index (χ2n) is 9.26. The van der Waals surface area contributed by atoms with Gasteiger partial charge in [-0.05, 0) is 63.5 Å². The lowest BCUT2D eigenvalue weighted by molar-refractivity contribution is 0.177. The number of fused-ring (bicyclic) bond motifs is 1. The van der Waals surface area contributed by atoms with E-state index in [0.29, 0.717) is 5.15 Å². The lowest BCUT2D eigenvalue weighted by atomic mass is 9.73. The summed E-state index contributed by atoms with van der Waals surface area (Å²) in [6.07, 6.45) is 4.69. The number of anilines is 1. The minimum absolute atomic E-state index is 0.0782. The van der Waals surface area contributed by atoms with Gasteiger partial charge in [-0.3, -0.25) is 0 Å². The van der Waals surface area contributed by atoms with Crippen molar-refractivity contribution in [3.63, 3.8) is 0 Å². The smallest absolute Gasteiger partial charge is 0.150 e. The van der Waals surface area contributed by atoms with E-state index in [1.807, 2.05) is 27.7 Å². The third kappa shape index (κ3) is 3.94. The van der Waals surface area contributed by atoms with Crippen molar-refractivity contribution in [2.24, 2.45) is 5.41 Å². The molecule has 2 heterocycles. The van der Waals surface area contributed by atoms with Crippen LogP contribution < -0.4 is 9.62 Å². The zero-order valence-electron chi connectivity index (χ0n) is 17.5. The molecule has 156 valence electrons. The molecule has 29 heavy (non-hydrogen) atoms. The SMILES string of the molecule is Cc1nc(Cl)cnc1N1CCC2(CC1)Cc1ccccc1[C@H]2N[S@](=O)C(C)(C)C. The molecule has 2 aliphatic rings. The van der Waals surface area contributed by atoms with Crippen molar-refractivity contribution >= 4 is 28.4 Å². The molecule has 1 aliphatic carbocycles. The Hall–Kier alpha value is -1.50. The van der Waals surface area contributed by atoms with Gasteiger partial charge in [0.05, 0.1) is 33.7 Å². The number of aryl methyl sites for hydroxylation is 1. The van der Waals surface area contributed by atoms with Crippen molar-refractivity contribution in [2.45, 2.75) is 57.7 Å². The molecule has 7 heteroatoms. The lowest BCUT2D eigenvalue weighted by Crippen LogP contribution is -2.48. The molecule has 0 unspecified atom stereocenters. The number of rotatable bonds is 3. The van der Waals surface area contributed by atoms with Crippen LogP contribution in [0.4, 0.5) is 5.82 Å². The summed E-state index contributed by atoms with van der Waals surface area (Å²) in [5, 5.41) is 0.430. The summed E-state index contributed by atoms with van der Waals surface area (Å²) < 4.78 is 16.2. The van der Waals surface area contributed by atoms with E-state index in [2.05, 4.69) is 43.9 Å². The van der Waals surface area contributed by atoms with Crippen LogP contribution in [0.3, 0.4) is 0 Å². The molecule has 0 amide bonds. The Balaban J connectivity index is 1.59. The van der Waals surface area contributed by atoms with Crippen molar-refractivity contribution in [3.05, 3.63) is 52.4 Å². The molecule has 1 saturated heterocycles. The standard InChI is InChI=1S/C22H29ClN4OS/c1-15-20(24-14-18(23)25-15)27-11-9-22(10-12-27)13-16-7-5-6-8-17(16)19(22)26-29(28)21(2,3)4/h5-8,14,19,26H,9-13H2,1-4H3/t19-,29-/m1/s1. The minimum Gasteiger partial charge on any atom is -0.355 e. The highest BCUT2D eigenvalue weighted by molar-refractivity contribution is 7.84. The third-order valence-electron chi connectivity index (χ3n) is 6.25. The van der Waals surface area contributed by atoms with E-state index in [-0.39, 0.29) is 16.2 Å². The average Bonchev–Trinajstić information content (AvgIpc) is 2.95. The summed E-state index contributed by atoms with van der Waals surface area (Å²) in [4.78, 5) is 11.2. The Morgan fingerprint density at radius 3 is 2.59 bits per heavy atom. The summed E-state index contributed by atoms with van der Waals surface area (Å²) >= 11 is 5.98. The highest BCUT2D eigenvalue weighted by atomic mass is 35.5. The number of nitrogens with zero attached hydrogens (tertiary/aromatic N) is 3. The zero-order valence-corrected chi connectivity index (χ0v) is 19.1. The van der Waals surface area contributed by atoms with Gasteiger partial charge in [0.25, 0.3) is 0 Å². The molecule has 1 aliphatic heterocycles. The Kier molecular flexibility index (Phi) is 5.47. The highest BCUT2D eigenvalue weighted by Gasteiger charge is 2.48. The second kappa shape index (κ2) is 7.64. The van der Waals surface area contributed by atoms with Gasteiger partial charge in [0.15, 0.2) is 0 Å². The first-order valence-corrected chi connectivity index (χ1v) is 11.7. The number of nitrogens with one attached hydrogen (secondary N) is 1. The van der Waals surface area contributed by atoms with Crippen molar-refractivity contribution in [3.8, 4) is 0 Å². The van der Waals surface area contributed by atoms with E-state index in [4.69, 9.17) is 11.6 Å². The van der Waals surface area contributed by atoms with Gasteiger partial charge in [-0.15, -0.1) is 0 Å². The van der Waals surface area contributed by atoms with Gasteiger partial charge < -0.3 is 4.90 Å². The minimum atomic E-state index is -1.11. The number of hydrogen-bond acceptors (Lipinski definition) is 4. The van der Waals surface area contributed by atoms with Gasteiger partial charge in [-0.25, -0.2) is 18.9 Å². The van der Waals surface area contributed by atoms with Crippen molar-refractivity contribution in [2.75, 3.05) is 18.0 Å². The maximum absolute atomic E-state index is 13.0. The lowest BCUT2D eigenvalue weighted by Gasteiger charge is -2.44. The summed E-state index contributed by atoms with van der Waals surface area (Å²) in [6.45, 7) is 9.84. The summed E-state index contributed by atoms with van der Waals surface area (Å²) in [5.41, 5.74) is 3.63. The van der Waals surface area contributed by atoms with Gasteiger partial charge in [-0.1, -0.05) is 35.9 Å². The van der Waals surface area contributed by atoms with E-state index >= 15 is 0 Å². The van der Waals surface area contributed by atoms with Crippen molar-refractivity contribution < 1.29 is 4.21 Å². The fraction of sp³-hybridized carbons (Fsp3) is 0.545. The quantitative estimate of drug-likeness (QED) is 0.782. The van der Waals surface area contributed by atoms with Crippen molar-refractivity contribution in [1.82, 2.24) is 14.7 Å². The Morgan fingerprint density at radius 2 is 1.93 bits per heavy atom.